The molecule has 0 saturated carbocycles. The van der Waals surface area contributed by atoms with E-state index in [4.69, 9.17) is 0 Å². The highest BCUT2D eigenvalue weighted by Gasteiger charge is 2.38. The van der Waals surface area contributed by atoms with Crippen LogP contribution in [0.5, 0.6) is 0 Å². The minimum atomic E-state index is -0.132. The lowest BCUT2D eigenvalue weighted by Gasteiger charge is -2.05. The molecule has 0 aromatic rings. The highest BCUT2D eigenvalue weighted by molar-refractivity contribution is 5.77. The van der Waals surface area contributed by atoms with E-state index in [-0.39, 0.29) is 12.0 Å². The maximum Gasteiger partial charge on any atom is 0.345 e. The smallest absolute Gasteiger partial charge is 0.345 e. The molecule has 50 valence electrons. The highest BCUT2D eigenvalue weighted by atomic mass is 16.7. The van der Waals surface area contributed by atoms with Gasteiger partial charge < -0.3 is 4.84 Å². The number of nitrogens with one attached hydrogen (secondary N) is 1. The summed E-state index contributed by atoms with van der Waals surface area (Å²) in [7, 11) is 0. The largest absolute Gasteiger partial charge is 0.354 e. The third-order valence-corrected chi connectivity index (χ3v) is 1.79. The van der Waals surface area contributed by atoms with Gasteiger partial charge in [-0.3, -0.25) is 0 Å². The zero-order chi connectivity index (χ0) is 6.27. The topological polar surface area (TPSA) is 41.6 Å². The first-order chi connectivity index (χ1) is 4.38. The second kappa shape index (κ2) is 1.68. The molecule has 1 unspecified atom stereocenters. The Kier molecular flexibility index (Phi) is 0.972. The zero-order valence-electron chi connectivity index (χ0n) is 4.96. The quantitative estimate of drug-likeness (QED) is 0.474. The molecule has 0 radical (unpaired) electrons. The van der Waals surface area contributed by atoms with Gasteiger partial charge in [-0.05, 0) is 12.8 Å². The van der Waals surface area contributed by atoms with Crippen molar-refractivity contribution in [1.82, 2.24) is 10.6 Å². The van der Waals surface area contributed by atoms with Crippen molar-refractivity contribution in [3.63, 3.8) is 0 Å². The monoisotopic (exact) mass is 128 g/mol. The first kappa shape index (κ1) is 5.20. The number of hydrazine groups is 1. The summed E-state index contributed by atoms with van der Waals surface area (Å²) in [6, 6.07) is 0.00463. The Bertz CT molecular complexity index is 148. The summed E-state index contributed by atoms with van der Waals surface area (Å²) in [4.78, 5) is 15.3. The SMILES string of the molecule is O=C1ONN2CCCC12. The van der Waals surface area contributed by atoms with Crippen molar-refractivity contribution in [3.05, 3.63) is 0 Å². The summed E-state index contributed by atoms with van der Waals surface area (Å²) in [5.41, 5.74) is 2.55. The Morgan fingerprint density at radius 1 is 1.78 bits per heavy atom. The maximum absolute atomic E-state index is 10.7. The first-order valence-corrected chi connectivity index (χ1v) is 3.11. The lowest BCUT2D eigenvalue weighted by molar-refractivity contribution is -0.145. The number of fused-ring (bicyclic) bond motifs is 1. The highest BCUT2D eigenvalue weighted by Crippen LogP contribution is 2.19. The number of carbonyl (C=O) groups is 1. The molecule has 1 N–H and O–H groups in total. The van der Waals surface area contributed by atoms with E-state index in [2.05, 4.69) is 10.4 Å². The standard InChI is InChI=1S/C5H8N2O2/c8-5-4-2-1-3-7(4)6-9-5/h4,6H,1-3H2. The summed E-state index contributed by atoms with van der Waals surface area (Å²) in [5, 5.41) is 1.84. The summed E-state index contributed by atoms with van der Waals surface area (Å²) in [6.07, 6.45) is 2.03. The molecule has 2 aliphatic rings. The van der Waals surface area contributed by atoms with Crippen LogP contribution in [0.3, 0.4) is 0 Å². The Morgan fingerprint density at radius 2 is 2.67 bits per heavy atom. The summed E-state index contributed by atoms with van der Waals surface area (Å²) >= 11 is 0. The fraction of sp³-hybridized carbons (Fsp3) is 0.800. The minimum absolute atomic E-state index is 0.00463. The van der Waals surface area contributed by atoms with E-state index in [1.165, 1.54) is 0 Å². The van der Waals surface area contributed by atoms with Gasteiger partial charge in [0, 0.05) is 6.54 Å². The molecular weight excluding hydrogens is 120 g/mol. The number of rotatable bonds is 0. The molecule has 2 heterocycles. The summed E-state index contributed by atoms with van der Waals surface area (Å²) in [5.74, 6) is -0.132. The lowest BCUT2D eigenvalue weighted by Crippen LogP contribution is -2.32. The molecule has 9 heavy (non-hydrogen) atoms. The molecule has 0 aliphatic carbocycles. The van der Waals surface area contributed by atoms with Crippen molar-refractivity contribution in [3.8, 4) is 0 Å². The molecule has 2 saturated heterocycles. The molecule has 0 spiro atoms. The van der Waals surface area contributed by atoms with Gasteiger partial charge in [0.1, 0.15) is 6.04 Å². The van der Waals surface area contributed by atoms with E-state index in [1.807, 2.05) is 5.01 Å². The second-order valence-electron chi connectivity index (χ2n) is 2.36. The van der Waals surface area contributed by atoms with E-state index in [1.54, 1.807) is 0 Å². The molecular formula is C5H8N2O2. The van der Waals surface area contributed by atoms with Crippen LogP contribution in [0.4, 0.5) is 0 Å². The number of hydrogen-bond donors (Lipinski definition) is 1. The molecule has 0 bridgehead atoms. The molecule has 1 atom stereocenters. The number of nitrogens with zero attached hydrogens (tertiary/aromatic N) is 1. The molecule has 2 rings (SSSR count). The van der Waals surface area contributed by atoms with Gasteiger partial charge in [0.25, 0.3) is 0 Å². The van der Waals surface area contributed by atoms with Crippen molar-refractivity contribution < 1.29 is 9.63 Å². The van der Waals surface area contributed by atoms with E-state index in [0.29, 0.717) is 0 Å². The van der Waals surface area contributed by atoms with E-state index >= 15 is 0 Å². The molecule has 4 nitrogen and oxygen atoms in total. The van der Waals surface area contributed by atoms with Crippen LogP contribution >= 0.6 is 0 Å². The van der Waals surface area contributed by atoms with Gasteiger partial charge in [-0.25, -0.2) is 4.79 Å². The molecule has 4 heteroatoms. The Labute approximate surface area is 52.7 Å². The first-order valence-electron chi connectivity index (χ1n) is 3.11. The van der Waals surface area contributed by atoms with Gasteiger partial charge in [0.2, 0.25) is 0 Å². The predicted octanol–water partition coefficient (Wildman–Crippen LogP) is -0.573. The zero-order valence-corrected chi connectivity index (χ0v) is 4.96. The van der Waals surface area contributed by atoms with Crippen LogP contribution in [0.2, 0.25) is 0 Å². The van der Waals surface area contributed by atoms with Crippen molar-refractivity contribution >= 4 is 5.97 Å². The van der Waals surface area contributed by atoms with Crippen LogP contribution in [0.25, 0.3) is 0 Å². The molecule has 2 fully saturated rings. The van der Waals surface area contributed by atoms with Crippen LogP contribution in [-0.2, 0) is 9.63 Å². The van der Waals surface area contributed by atoms with Crippen LogP contribution in [0.15, 0.2) is 0 Å². The third kappa shape index (κ3) is 0.635. The predicted molar refractivity (Wildman–Crippen MR) is 29.0 cm³/mol. The van der Waals surface area contributed by atoms with Crippen LogP contribution in [-0.4, -0.2) is 23.6 Å². The fourth-order valence-corrected chi connectivity index (χ4v) is 1.29. The normalized spacial score (nSPS) is 34.7. The second-order valence-corrected chi connectivity index (χ2v) is 2.36. The number of hydrogen-bond acceptors (Lipinski definition) is 4. The Hall–Kier alpha value is -0.610. The van der Waals surface area contributed by atoms with Gasteiger partial charge in [0.15, 0.2) is 0 Å². The molecule has 0 aromatic carbocycles. The Morgan fingerprint density at radius 3 is 3.44 bits per heavy atom. The fourth-order valence-electron chi connectivity index (χ4n) is 1.29. The van der Waals surface area contributed by atoms with Crippen LogP contribution in [0.1, 0.15) is 12.8 Å². The van der Waals surface area contributed by atoms with E-state index in [0.717, 1.165) is 19.4 Å². The van der Waals surface area contributed by atoms with Gasteiger partial charge in [-0.2, -0.15) is 5.01 Å². The number of carbonyl (C=O) groups excluding carboxylic acids is 1. The van der Waals surface area contributed by atoms with Crippen molar-refractivity contribution in [2.45, 2.75) is 18.9 Å². The molecule has 2 aliphatic heterocycles. The van der Waals surface area contributed by atoms with Gasteiger partial charge in [-0.15, -0.1) is 0 Å². The van der Waals surface area contributed by atoms with Crippen molar-refractivity contribution in [2.24, 2.45) is 0 Å². The lowest BCUT2D eigenvalue weighted by atomic mass is 10.2. The summed E-state index contributed by atoms with van der Waals surface area (Å²) < 4.78 is 0. The molecule has 0 aromatic heterocycles. The third-order valence-electron chi connectivity index (χ3n) is 1.79. The van der Waals surface area contributed by atoms with Gasteiger partial charge in [0.05, 0.1) is 0 Å². The van der Waals surface area contributed by atoms with E-state index in [9.17, 15) is 4.79 Å². The maximum atomic E-state index is 10.7. The van der Waals surface area contributed by atoms with E-state index < -0.39 is 0 Å². The molecule has 0 amide bonds. The minimum Gasteiger partial charge on any atom is -0.354 e. The average molecular weight is 128 g/mol. The van der Waals surface area contributed by atoms with Gasteiger partial charge in [-0.1, -0.05) is 5.59 Å². The Balaban J connectivity index is 2.15. The van der Waals surface area contributed by atoms with Crippen LogP contribution < -0.4 is 5.59 Å². The average Bonchev–Trinajstić information content (AvgIpc) is 2.35. The van der Waals surface area contributed by atoms with Crippen molar-refractivity contribution in [2.75, 3.05) is 6.54 Å². The van der Waals surface area contributed by atoms with Crippen molar-refractivity contribution in [1.29, 1.82) is 0 Å². The summed E-state index contributed by atoms with van der Waals surface area (Å²) in [6.45, 7) is 0.927. The van der Waals surface area contributed by atoms with Crippen LogP contribution in [0, 0.1) is 0 Å². The van der Waals surface area contributed by atoms with Gasteiger partial charge >= 0.3 is 5.97 Å².